The smallest absolute Gasteiger partial charge is 0.162 e. The van der Waals surface area contributed by atoms with Crippen LogP contribution in [-0.2, 0) is 0 Å². The van der Waals surface area contributed by atoms with Crippen LogP contribution < -0.4 is 15.2 Å². The summed E-state index contributed by atoms with van der Waals surface area (Å²) in [4.78, 5) is 11.5. The van der Waals surface area contributed by atoms with Gasteiger partial charge in [0.2, 0.25) is 0 Å². The molecule has 0 saturated carbocycles. The van der Waals surface area contributed by atoms with E-state index in [4.69, 9.17) is 15.2 Å². The summed E-state index contributed by atoms with van der Waals surface area (Å²) in [6, 6.07) is 12.4. The highest BCUT2D eigenvalue weighted by Gasteiger charge is 2.07. The first kappa shape index (κ1) is 13.9. The van der Waals surface area contributed by atoms with Crippen molar-refractivity contribution in [2.24, 2.45) is 0 Å². The van der Waals surface area contributed by atoms with Gasteiger partial charge in [-0.15, -0.1) is 0 Å². The van der Waals surface area contributed by atoms with Crippen molar-refractivity contribution < 1.29 is 14.3 Å². The molecule has 0 heterocycles. The fraction of sp³-hybridized carbons (Fsp3) is 0.188. The lowest BCUT2D eigenvalue weighted by Crippen LogP contribution is -1.99. The molecule has 0 amide bonds. The zero-order chi connectivity index (χ0) is 14.5. The van der Waals surface area contributed by atoms with Crippen molar-refractivity contribution in [3.8, 4) is 17.2 Å². The molecule has 0 aliphatic carbocycles. The second kappa shape index (κ2) is 6.10. The topological polar surface area (TPSA) is 61.6 Å². The Bertz CT molecular complexity index is 623. The first-order valence-electron chi connectivity index (χ1n) is 6.41. The molecule has 2 N–H and O–H groups in total. The molecule has 4 heteroatoms. The fourth-order valence-electron chi connectivity index (χ4n) is 1.83. The first-order valence-corrected chi connectivity index (χ1v) is 6.41. The van der Waals surface area contributed by atoms with Gasteiger partial charge in [-0.2, -0.15) is 0 Å². The van der Waals surface area contributed by atoms with E-state index in [1.165, 1.54) is 6.92 Å². The summed E-state index contributed by atoms with van der Waals surface area (Å²) in [5.74, 6) is 1.87. The fourth-order valence-corrected chi connectivity index (χ4v) is 1.83. The average molecular weight is 271 g/mol. The highest BCUT2D eigenvalue weighted by Crippen LogP contribution is 2.27. The maximum Gasteiger partial charge on any atom is 0.162 e. The monoisotopic (exact) mass is 271 g/mol. The van der Waals surface area contributed by atoms with E-state index in [0.29, 0.717) is 29.4 Å². The van der Waals surface area contributed by atoms with Crippen LogP contribution in [0, 0.1) is 0 Å². The molecule has 0 aromatic heterocycles. The van der Waals surface area contributed by atoms with Gasteiger partial charge in [-0.25, -0.2) is 0 Å². The molecule has 2 aromatic rings. The van der Waals surface area contributed by atoms with E-state index in [0.717, 1.165) is 5.75 Å². The number of benzene rings is 2. The number of nitrogen functional groups attached to an aromatic ring is 1. The molecule has 4 nitrogen and oxygen atoms in total. The third-order valence-electron chi connectivity index (χ3n) is 2.76. The zero-order valence-electron chi connectivity index (χ0n) is 11.6. The Labute approximate surface area is 118 Å². The number of hydrogen-bond donors (Lipinski definition) is 1. The highest BCUT2D eigenvalue weighted by molar-refractivity contribution is 5.99. The predicted octanol–water partition coefficient (Wildman–Crippen LogP) is 3.66. The summed E-state index contributed by atoms with van der Waals surface area (Å²) in [7, 11) is 0. The molecule has 0 bridgehead atoms. The Morgan fingerprint density at radius 1 is 1.10 bits per heavy atom. The van der Waals surface area contributed by atoms with Crippen LogP contribution >= 0.6 is 0 Å². The van der Waals surface area contributed by atoms with Gasteiger partial charge in [-0.1, -0.05) is 6.07 Å². The Kier molecular flexibility index (Phi) is 4.25. The van der Waals surface area contributed by atoms with Crippen LogP contribution in [0.15, 0.2) is 42.5 Å². The van der Waals surface area contributed by atoms with Gasteiger partial charge in [-0.05, 0) is 44.2 Å². The minimum Gasteiger partial charge on any atom is -0.494 e. The third-order valence-corrected chi connectivity index (χ3v) is 2.76. The first-order chi connectivity index (χ1) is 9.60. The summed E-state index contributed by atoms with van der Waals surface area (Å²) < 4.78 is 11.1. The third kappa shape index (κ3) is 3.29. The minimum absolute atomic E-state index is 0.0870. The lowest BCUT2D eigenvalue weighted by molar-refractivity contribution is 0.101. The van der Waals surface area contributed by atoms with E-state index >= 15 is 0 Å². The van der Waals surface area contributed by atoms with Crippen molar-refractivity contribution in [2.75, 3.05) is 12.3 Å². The van der Waals surface area contributed by atoms with Gasteiger partial charge in [0.25, 0.3) is 0 Å². The number of ketones is 1. The molecule has 0 atom stereocenters. The molecular weight excluding hydrogens is 254 g/mol. The second-order valence-electron chi connectivity index (χ2n) is 4.32. The molecule has 104 valence electrons. The van der Waals surface area contributed by atoms with E-state index in [-0.39, 0.29) is 5.78 Å². The largest absolute Gasteiger partial charge is 0.494 e. The normalized spacial score (nSPS) is 10.1. The SMILES string of the molecule is CCOc1cccc(Oc2ccc(N)c(C(C)=O)c2)c1. The maximum absolute atomic E-state index is 11.5. The van der Waals surface area contributed by atoms with Crippen LogP contribution in [0.4, 0.5) is 5.69 Å². The summed E-state index contributed by atoms with van der Waals surface area (Å²) >= 11 is 0. The Morgan fingerprint density at radius 2 is 1.80 bits per heavy atom. The Hall–Kier alpha value is -2.49. The molecule has 0 spiro atoms. The van der Waals surface area contributed by atoms with Gasteiger partial charge in [-0.3, -0.25) is 4.79 Å². The zero-order valence-corrected chi connectivity index (χ0v) is 11.6. The lowest BCUT2D eigenvalue weighted by Gasteiger charge is -2.10. The molecule has 20 heavy (non-hydrogen) atoms. The molecular formula is C16H17NO3. The lowest BCUT2D eigenvalue weighted by atomic mass is 10.1. The summed E-state index contributed by atoms with van der Waals surface area (Å²) in [5, 5.41) is 0. The summed E-state index contributed by atoms with van der Waals surface area (Å²) in [6.07, 6.45) is 0. The molecule has 2 aromatic carbocycles. The number of carbonyl (C=O) groups is 1. The number of Topliss-reactive ketones (excluding diaryl/α,β-unsaturated/α-hetero) is 1. The second-order valence-corrected chi connectivity index (χ2v) is 4.32. The highest BCUT2D eigenvalue weighted by atomic mass is 16.5. The van der Waals surface area contributed by atoms with E-state index in [1.54, 1.807) is 24.3 Å². The van der Waals surface area contributed by atoms with Crippen molar-refractivity contribution in [1.82, 2.24) is 0 Å². The van der Waals surface area contributed by atoms with Crippen LogP contribution in [0.3, 0.4) is 0 Å². The van der Waals surface area contributed by atoms with Crippen molar-refractivity contribution in [3.63, 3.8) is 0 Å². The van der Waals surface area contributed by atoms with Gasteiger partial charge >= 0.3 is 0 Å². The van der Waals surface area contributed by atoms with Crippen LogP contribution in [0.2, 0.25) is 0 Å². The van der Waals surface area contributed by atoms with Gasteiger partial charge < -0.3 is 15.2 Å². The molecule has 0 aliphatic heterocycles. The molecule has 0 unspecified atom stereocenters. The Balaban J connectivity index is 2.23. The number of ether oxygens (including phenoxy) is 2. The van der Waals surface area contributed by atoms with E-state index < -0.39 is 0 Å². The number of carbonyl (C=O) groups excluding carboxylic acids is 1. The van der Waals surface area contributed by atoms with Crippen molar-refractivity contribution >= 4 is 11.5 Å². The van der Waals surface area contributed by atoms with Gasteiger partial charge in [0.1, 0.15) is 17.2 Å². The van der Waals surface area contributed by atoms with Crippen molar-refractivity contribution in [2.45, 2.75) is 13.8 Å². The van der Waals surface area contributed by atoms with E-state index in [2.05, 4.69) is 0 Å². The predicted molar refractivity (Wildman–Crippen MR) is 78.5 cm³/mol. The summed E-state index contributed by atoms with van der Waals surface area (Å²) in [6.45, 7) is 4.00. The van der Waals surface area contributed by atoms with Crippen LogP contribution in [0.5, 0.6) is 17.2 Å². The van der Waals surface area contributed by atoms with Gasteiger partial charge in [0.05, 0.1) is 6.61 Å². The number of rotatable bonds is 5. The van der Waals surface area contributed by atoms with Crippen molar-refractivity contribution in [3.05, 3.63) is 48.0 Å². The average Bonchev–Trinajstić information content (AvgIpc) is 2.41. The van der Waals surface area contributed by atoms with Gasteiger partial charge in [0.15, 0.2) is 5.78 Å². The molecule has 0 radical (unpaired) electrons. The van der Waals surface area contributed by atoms with Crippen LogP contribution in [-0.4, -0.2) is 12.4 Å². The van der Waals surface area contributed by atoms with Crippen molar-refractivity contribution in [1.29, 1.82) is 0 Å². The van der Waals surface area contributed by atoms with E-state index in [9.17, 15) is 4.79 Å². The summed E-state index contributed by atoms with van der Waals surface area (Å²) in [5.41, 5.74) is 6.66. The number of nitrogens with two attached hydrogens (primary N) is 1. The van der Waals surface area contributed by atoms with E-state index in [1.807, 2.05) is 25.1 Å². The molecule has 2 rings (SSSR count). The molecule has 0 aliphatic rings. The standard InChI is InChI=1S/C16H17NO3/c1-3-19-12-5-4-6-13(9-12)20-14-7-8-16(17)15(10-14)11(2)18/h4-10H,3,17H2,1-2H3. The maximum atomic E-state index is 11.5. The number of hydrogen-bond acceptors (Lipinski definition) is 4. The van der Waals surface area contributed by atoms with Crippen LogP contribution in [0.25, 0.3) is 0 Å². The minimum atomic E-state index is -0.0870. The Morgan fingerprint density at radius 3 is 2.50 bits per heavy atom. The molecule has 0 fully saturated rings. The van der Waals surface area contributed by atoms with Crippen LogP contribution in [0.1, 0.15) is 24.2 Å². The quantitative estimate of drug-likeness (QED) is 0.666. The van der Waals surface area contributed by atoms with Gasteiger partial charge in [0, 0.05) is 17.3 Å². The number of anilines is 1. The molecule has 0 saturated heterocycles.